The topological polar surface area (TPSA) is 35.5 Å². The van der Waals surface area contributed by atoms with Gasteiger partial charge in [0.25, 0.3) is 0 Å². The van der Waals surface area contributed by atoms with E-state index in [4.69, 9.17) is 0 Å². The third-order valence-electron chi connectivity index (χ3n) is 4.71. The predicted octanol–water partition coefficient (Wildman–Crippen LogP) is 3.03. The molecule has 0 amide bonds. The number of nitrogens with zero attached hydrogens (tertiary/aromatic N) is 1. The molecule has 0 aromatic carbocycles. The normalized spacial score (nSPS) is 24.3. The molecule has 1 heterocycles. The molecule has 1 saturated heterocycles. The number of likely N-dealkylation sites (tertiary alicyclic amines) is 1. The number of rotatable bonds is 9. The monoisotopic (exact) mass is 284 g/mol. The Kier molecular flexibility index (Phi) is 8.74. The fourth-order valence-electron chi connectivity index (χ4n) is 3.05. The van der Waals surface area contributed by atoms with Crippen LogP contribution in [0.4, 0.5) is 0 Å². The summed E-state index contributed by atoms with van der Waals surface area (Å²) in [6, 6.07) is 0. The largest absolute Gasteiger partial charge is 0.394 e. The van der Waals surface area contributed by atoms with Gasteiger partial charge >= 0.3 is 0 Å². The molecule has 1 aliphatic rings. The van der Waals surface area contributed by atoms with Crippen molar-refractivity contribution in [2.45, 2.75) is 71.3 Å². The SMILES string of the molecule is CCCNC(C)(CO)CCCCN1CCCC(C)CC1. The van der Waals surface area contributed by atoms with Gasteiger partial charge in [0.2, 0.25) is 0 Å². The van der Waals surface area contributed by atoms with Gasteiger partial charge in [-0.3, -0.25) is 0 Å². The molecule has 0 aliphatic carbocycles. The van der Waals surface area contributed by atoms with Gasteiger partial charge in [0.15, 0.2) is 0 Å². The van der Waals surface area contributed by atoms with Crippen molar-refractivity contribution in [2.24, 2.45) is 5.92 Å². The molecular formula is C17H36N2O. The van der Waals surface area contributed by atoms with Crippen LogP contribution in [-0.4, -0.2) is 48.3 Å². The van der Waals surface area contributed by atoms with Gasteiger partial charge in [-0.15, -0.1) is 0 Å². The zero-order valence-electron chi connectivity index (χ0n) is 14.0. The quantitative estimate of drug-likeness (QED) is 0.639. The van der Waals surface area contributed by atoms with Crippen LogP contribution in [0.3, 0.4) is 0 Å². The Balaban J connectivity index is 2.16. The first-order valence-corrected chi connectivity index (χ1v) is 8.68. The highest BCUT2D eigenvalue weighted by molar-refractivity contribution is 4.82. The summed E-state index contributed by atoms with van der Waals surface area (Å²) in [6.45, 7) is 11.8. The summed E-state index contributed by atoms with van der Waals surface area (Å²) in [7, 11) is 0. The van der Waals surface area contributed by atoms with Gasteiger partial charge in [0.1, 0.15) is 0 Å². The summed E-state index contributed by atoms with van der Waals surface area (Å²) in [5.74, 6) is 0.913. The summed E-state index contributed by atoms with van der Waals surface area (Å²) in [6.07, 6.45) is 8.81. The van der Waals surface area contributed by atoms with Crippen LogP contribution in [-0.2, 0) is 0 Å². The highest BCUT2D eigenvalue weighted by Crippen LogP contribution is 2.18. The molecule has 0 aromatic rings. The second-order valence-corrected chi connectivity index (χ2v) is 6.98. The first kappa shape index (κ1) is 17.9. The third-order valence-corrected chi connectivity index (χ3v) is 4.71. The Bertz CT molecular complexity index is 247. The fourth-order valence-corrected chi connectivity index (χ4v) is 3.05. The lowest BCUT2D eigenvalue weighted by Crippen LogP contribution is -2.46. The van der Waals surface area contributed by atoms with Gasteiger partial charge in [-0.1, -0.05) is 20.3 Å². The maximum Gasteiger partial charge on any atom is 0.0610 e. The Hall–Kier alpha value is -0.120. The fraction of sp³-hybridized carbons (Fsp3) is 1.00. The molecule has 2 atom stereocenters. The maximum absolute atomic E-state index is 9.55. The Labute approximate surface area is 126 Å². The lowest BCUT2D eigenvalue weighted by atomic mass is 9.95. The van der Waals surface area contributed by atoms with E-state index in [0.29, 0.717) is 0 Å². The summed E-state index contributed by atoms with van der Waals surface area (Å²) in [5, 5.41) is 13.0. The van der Waals surface area contributed by atoms with Gasteiger partial charge in [0, 0.05) is 5.54 Å². The van der Waals surface area contributed by atoms with Crippen molar-refractivity contribution in [1.82, 2.24) is 10.2 Å². The van der Waals surface area contributed by atoms with Crippen LogP contribution in [0.5, 0.6) is 0 Å². The zero-order valence-corrected chi connectivity index (χ0v) is 14.0. The van der Waals surface area contributed by atoms with Gasteiger partial charge in [0.05, 0.1) is 6.61 Å². The highest BCUT2D eigenvalue weighted by Gasteiger charge is 2.21. The Morgan fingerprint density at radius 2 is 2.05 bits per heavy atom. The first-order valence-electron chi connectivity index (χ1n) is 8.68. The van der Waals surface area contributed by atoms with Gasteiger partial charge in [-0.05, 0) is 77.5 Å². The predicted molar refractivity (Wildman–Crippen MR) is 87.1 cm³/mol. The number of unbranched alkanes of at least 4 members (excludes halogenated alkanes) is 1. The van der Waals surface area contributed by atoms with Crippen LogP contribution in [0.25, 0.3) is 0 Å². The molecule has 3 heteroatoms. The van der Waals surface area contributed by atoms with Crippen molar-refractivity contribution in [2.75, 3.05) is 32.8 Å². The van der Waals surface area contributed by atoms with E-state index in [-0.39, 0.29) is 12.1 Å². The van der Waals surface area contributed by atoms with Gasteiger partial charge in [-0.2, -0.15) is 0 Å². The van der Waals surface area contributed by atoms with E-state index in [9.17, 15) is 5.11 Å². The first-order chi connectivity index (χ1) is 9.59. The lowest BCUT2D eigenvalue weighted by molar-refractivity contribution is 0.161. The summed E-state index contributed by atoms with van der Waals surface area (Å²) in [5.41, 5.74) is -0.0800. The van der Waals surface area contributed by atoms with Crippen molar-refractivity contribution >= 4 is 0 Å². The van der Waals surface area contributed by atoms with E-state index in [1.165, 1.54) is 51.7 Å². The van der Waals surface area contributed by atoms with Crippen LogP contribution >= 0.6 is 0 Å². The molecule has 0 saturated carbocycles. The van der Waals surface area contributed by atoms with Gasteiger partial charge < -0.3 is 15.3 Å². The second kappa shape index (κ2) is 9.75. The van der Waals surface area contributed by atoms with Crippen molar-refractivity contribution in [1.29, 1.82) is 0 Å². The molecule has 2 unspecified atom stereocenters. The molecule has 1 aliphatic heterocycles. The average molecular weight is 284 g/mol. The van der Waals surface area contributed by atoms with Crippen LogP contribution in [0.1, 0.15) is 65.7 Å². The van der Waals surface area contributed by atoms with Gasteiger partial charge in [-0.25, -0.2) is 0 Å². The molecule has 2 N–H and O–H groups in total. The standard InChI is InChI=1S/C17H36N2O/c1-4-11-18-17(3,15-20)10-5-6-12-19-13-7-8-16(2)9-14-19/h16,18,20H,4-15H2,1-3H3. The minimum absolute atomic E-state index is 0.0800. The van der Waals surface area contributed by atoms with Crippen LogP contribution in [0.2, 0.25) is 0 Å². The minimum atomic E-state index is -0.0800. The molecule has 1 rings (SSSR count). The molecule has 20 heavy (non-hydrogen) atoms. The average Bonchev–Trinajstić information content (AvgIpc) is 2.66. The second-order valence-electron chi connectivity index (χ2n) is 6.98. The molecule has 120 valence electrons. The van der Waals surface area contributed by atoms with E-state index in [2.05, 4.69) is 31.0 Å². The zero-order chi connectivity index (χ0) is 14.8. The van der Waals surface area contributed by atoms with E-state index in [0.717, 1.165) is 25.3 Å². The number of hydrogen-bond donors (Lipinski definition) is 2. The van der Waals surface area contributed by atoms with E-state index >= 15 is 0 Å². The number of aliphatic hydroxyl groups is 1. The summed E-state index contributed by atoms with van der Waals surface area (Å²) >= 11 is 0. The Morgan fingerprint density at radius 3 is 2.75 bits per heavy atom. The summed E-state index contributed by atoms with van der Waals surface area (Å²) in [4.78, 5) is 2.64. The number of hydrogen-bond acceptors (Lipinski definition) is 3. The van der Waals surface area contributed by atoms with Crippen LogP contribution in [0, 0.1) is 5.92 Å². The van der Waals surface area contributed by atoms with E-state index in [1.807, 2.05) is 0 Å². The molecule has 0 radical (unpaired) electrons. The van der Waals surface area contributed by atoms with E-state index in [1.54, 1.807) is 0 Å². The molecule has 0 bridgehead atoms. The Morgan fingerprint density at radius 1 is 1.25 bits per heavy atom. The van der Waals surface area contributed by atoms with E-state index < -0.39 is 0 Å². The van der Waals surface area contributed by atoms with Crippen molar-refractivity contribution in [3.63, 3.8) is 0 Å². The third kappa shape index (κ3) is 7.05. The maximum atomic E-state index is 9.55. The minimum Gasteiger partial charge on any atom is -0.394 e. The number of aliphatic hydroxyl groups excluding tert-OH is 1. The van der Waals surface area contributed by atoms with Crippen molar-refractivity contribution in [3.8, 4) is 0 Å². The molecule has 0 spiro atoms. The van der Waals surface area contributed by atoms with Crippen LogP contribution < -0.4 is 5.32 Å². The number of nitrogens with one attached hydrogen (secondary N) is 1. The molecular weight excluding hydrogens is 248 g/mol. The molecule has 3 nitrogen and oxygen atoms in total. The molecule has 0 aromatic heterocycles. The van der Waals surface area contributed by atoms with Crippen LogP contribution in [0.15, 0.2) is 0 Å². The highest BCUT2D eigenvalue weighted by atomic mass is 16.3. The summed E-state index contributed by atoms with van der Waals surface area (Å²) < 4.78 is 0. The molecule has 1 fully saturated rings. The lowest BCUT2D eigenvalue weighted by Gasteiger charge is -2.29. The smallest absolute Gasteiger partial charge is 0.0610 e. The van der Waals surface area contributed by atoms with Crippen molar-refractivity contribution in [3.05, 3.63) is 0 Å². The van der Waals surface area contributed by atoms with Crippen molar-refractivity contribution < 1.29 is 5.11 Å².